The molecule has 1 atom stereocenters. The number of halogens is 3. The first-order valence-electron chi connectivity index (χ1n) is 5.44. The molecular formula is C14H11Br2ClO. The lowest BCUT2D eigenvalue weighted by molar-refractivity contribution is 0.177. The van der Waals surface area contributed by atoms with Gasteiger partial charge in [0.2, 0.25) is 0 Å². The molecule has 0 aliphatic carbocycles. The molecule has 2 aromatic rings. The highest BCUT2D eigenvalue weighted by molar-refractivity contribution is 9.11. The van der Waals surface area contributed by atoms with Crippen LogP contribution in [0.3, 0.4) is 0 Å². The van der Waals surface area contributed by atoms with Gasteiger partial charge in [-0.15, -0.1) is 0 Å². The molecule has 0 aromatic heterocycles. The normalized spacial score (nSPS) is 12.4. The fourth-order valence-electron chi connectivity index (χ4n) is 1.77. The number of aliphatic hydroxyl groups excluding tert-OH is 1. The van der Waals surface area contributed by atoms with Crippen molar-refractivity contribution in [3.8, 4) is 0 Å². The van der Waals surface area contributed by atoms with Crippen LogP contribution in [-0.4, -0.2) is 5.11 Å². The predicted octanol–water partition coefficient (Wildman–Crippen LogP) is 5.14. The second-order valence-electron chi connectivity index (χ2n) is 4.02. The largest absolute Gasteiger partial charge is 0.388 e. The minimum absolute atomic E-state index is 0.537. The van der Waals surface area contributed by atoms with Crippen molar-refractivity contribution >= 4 is 43.5 Å². The zero-order chi connectivity index (χ0) is 13.1. The number of hydrogen-bond acceptors (Lipinski definition) is 1. The van der Waals surface area contributed by atoms with Crippen molar-refractivity contribution < 1.29 is 5.11 Å². The molecule has 2 aromatic carbocycles. The maximum Gasteiger partial charge on any atom is 0.0841 e. The molecule has 0 heterocycles. The lowest BCUT2D eigenvalue weighted by atomic mass is 10.0. The average Bonchev–Trinajstić information content (AvgIpc) is 2.32. The van der Waals surface area contributed by atoms with Crippen LogP contribution in [0.15, 0.2) is 51.4 Å². The van der Waals surface area contributed by atoms with Crippen LogP contribution in [0.4, 0.5) is 0 Å². The molecule has 1 unspecified atom stereocenters. The molecule has 0 fully saturated rings. The van der Waals surface area contributed by atoms with Gasteiger partial charge in [0.1, 0.15) is 0 Å². The van der Waals surface area contributed by atoms with Gasteiger partial charge in [-0.1, -0.05) is 55.6 Å². The van der Waals surface area contributed by atoms with Crippen molar-refractivity contribution in [1.29, 1.82) is 0 Å². The van der Waals surface area contributed by atoms with Crippen molar-refractivity contribution in [3.63, 3.8) is 0 Å². The van der Waals surface area contributed by atoms with Crippen molar-refractivity contribution in [3.05, 3.63) is 67.6 Å². The van der Waals surface area contributed by atoms with Crippen LogP contribution in [0.25, 0.3) is 0 Å². The van der Waals surface area contributed by atoms with Crippen molar-refractivity contribution in [2.45, 2.75) is 12.5 Å². The first-order valence-corrected chi connectivity index (χ1v) is 7.40. The Kier molecular flexibility index (Phi) is 4.84. The van der Waals surface area contributed by atoms with Gasteiger partial charge in [-0.3, -0.25) is 0 Å². The maximum absolute atomic E-state index is 10.3. The molecule has 0 spiro atoms. The van der Waals surface area contributed by atoms with Crippen LogP contribution in [0, 0.1) is 0 Å². The van der Waals surface area contributed by atoms with Crippen LogP contribution in [0.5, 0.6) is 0 Å². The molecule has 0 aliphatic heterocycles. The maximum atomic E-state index is 10.3. The fraction of sp³-hybridized carbons (Fsp3) is 0.143. The van der Waals surface area contributed by atoms with E-state index in [1.54, 1.807) is 0 Å². The van der Waals surface area contributed by atoms with Crippen molar-refractivity contribution in [2.24, 2.45) is 0 Å². The van der Waals surface area contributed by atoms with E-state index < -0.39 is 6.10 Å². The standard InChI is InChI=1S/C14H11Br2ClO/c15-10-4-5-13(16)12(8-10)14(18)7-9-2-1-3-11(17)6-9/h1-6,8,14,18H,7H2. The Balaban J connectivity index is 2.21. The summed E-state index contributed by atoms with van der Waals surface area (Å²) in [5.41, 5.74) is 1.88. The molecule has 18 heavy (non-hydrogen) atoms. The fourth-order valence-corrected chi connectivity index (χ4v) is 2.87. The topological polar surface area (TPSA) is 20.2 Å². The van der Waals surface area contributed by atoms with Gasteiger partial charge < -0.3 is 5.11 Å². The highest BCUT2D eigenvalue weighted by Gasteiger charge is 2.12. The van der Waals surface area contributed by atoms with E-state index in [-0.39, 0.29) is 0 Å². The summed E-state index contributed by atoms with van der Waals surface area (Å²) in [7, 11) is 0. The van der Waals surface area contributed by atoms with Gasteiger partial charge in [0, 0.05) is 20.4 Å². The van der Waals surface area contributed by atoms with E-state index in [0.717, 1.165) is 20.1 Å². The number of rotatable bonds is 3. The van der Waals surface area contributed by atoms with Crippen molar-refractivity contribution in [2.75, 3.05) is 0 Å². The first-order chi connectivity index (χ1) is 8.56. The van der Waals surface area contributed by atoms with Crippen molar-refractivity contribution in [1.82, 2.24) is 0 Å². The monoisotopic (exact) mass is 388 g/mol. The Morgan fingerprint density at radius 3 is 2.61 bits per heavy atom. The second kappa shape index (κ2) is 6.20. The minimum atomic E-state index is -0.560. The zero-order valence-electron chi connectivity index (χ0n) is 9.41. The molecule has 0 bridgehead atoms. The van der Waals surface area contributed by atoms with Gasteiger partial charge in [-0.05, 0) is 41.5 Å². The summed E-state index contributed by atoms with van der Waals surface area (Å²) in [6, 6.07) is 13.3. The quantitative estimate of drug-likeness (QED) is 0.769. The third kappa shape index (κ3) is 3.58. The van der Waals surface area contributed by atoms with Crippen LogP contribution in [-0.2, 0) is 6.42 Å². The average molecular weight is 391 g/mol. The summed E-state index contributed by atoms with van der Waals surface area (Å²) in [6.07, 6.45) is -0.0226. The number of hydrogen-bond donors (Lipinski definition) is 1. The van der Waals surface area contributed by atoms with Crippen LogP contribution in [0.2, 0.25) is 5.02 Å². The van der Waals surface area contributed by atoms with Gasteiger partial charge in [-0.25, -0.2) is 0 Å². The van der Waals surface area contributed by atoms with Gasteiger partial charge in [0.15, 0.2) is 0 Å². The number of aliphatic hydroxyl groups is 1. The Morgan fingerprint density at radius 2 is 1.89 bits per heavy atom. The molecule has 0 saturated carbocycles. The van der Waals surface area contributed by atoms with E-state index in [0.29, 0.717) is 11.4 Å². The molecule has 1 nitrogen and oxygen atoms in total. The Labute approximate surface area is 128 Å². The summed E-state index contributed by atoms with van der Waals surface area (Å²) < 4.78 is 1.85. The third-order valence-corrected chi connectivity index (χ3v) is 4.09. The summed E-state index contributed by atoms with van der Waals surface area (Å²) in [5, 5.41) is 11.0. The Bertz CT molecular complexity index is 557. The molecule has 0 radical (unpaired) electrons. The lowest BCUT2D eigenvalue weighted by Gasteiger charge is -2.13. The molecule has 94 valence electrons. The van der Waals surface area contributed by atoms with E-state index in [2.05, 4.69) is 31.9 Å². The van der Waals surface area contributed by atoms with E-state index in [9.17, 15) is 5.11 Å². The highest BCUT2D eigenvalue weighted by atomic mass is 79.9. The van der Waals surface area contributed by atoms with Crippen LogP contribution in [0.1, 0.15) is 17.2 Å². The van der Waals surface area contributed by atoms with E-state index in [1.807, 2.05) is 42.5 Å². The molecule has 0 amide bonds. The van der Waals surface area contributed by atoms with Gasteiger partial charge in [-0.2, -0.15) is 0 Å². The lowest BCUT2D eigenvalue weighted by Crippen LogP contribution is -2.02. The molecule has 2 rings (SSSR count). The van der Waals surface area contributed by atoms with Gasteiger partial charge in [0.05, 0.1) is 6.10 Å². The smallest absolute Gasteiger partial charge is 0.0841 e. The van der Waals surface area contributed by atoms with E-state index in [1.165, 1.54) is 0 Å². The van der Waals surface area contributed by atoms with Crippen LogP contribution < -0.4 is 0 Å². The molecule has 0 aliphatic rings. The Hall–Kier alpha value is -0.350. The second-order valence-corrected chi connectivity index (χ2v) is 6.22. The molecule has 0 saturated heterocycles. The predicted molar refractivity (Wildman–Crippen MR) is 82.0 cm³/mol. The zero-order valence-corrected chi connectivity index (χ0v) is 13.3. The van der Waals surface area contributed by atoms with E-state index in [4.69, 9.17) is 11.6 Å². The molecular weight excluding hydrogens is 379 g/mol. The summed E-state index contributed by atoms with van der Waals surface area (Å²) in [4.78, 5) is 0. The molecule has 1 N–H and O–H groups in total. The summed E-state index contributed by atoms with van der Waals surface area (Å²) in [6.45, 7) is 0. The minimum Gasteiger partial charge on any atom is -0.388 e. The van der Waals surface area contributed by atoms with Gasteiger partial charge in [0.25, 0.3) is 0 Å². The molecule has 4 heteroatoms. The first kappa shape index (κ1) is 14.1. The Morgan fingerprint density at radius 1 is 1.11 bits per heavy atom. The summed E-state index contributed by atoms with van der Waals surface area (Å²) in [5.74, 6) is 0. The van der Waals surface area contributed by atoms with E-state index >= 15 is 0 Å². The highest BCUT2D eigenvalue weighted by Crippen LogP contribution is 2.29. The summed E-state index contributed by atoms with van der Waals surface area (Å²) >= 11 is 12.8. The SMILES string of the molecule is OC(Cc1cccc(Cl)c1)c1cc(Br)ccc1Br. The van der Waals surface area contributed by atoms with Crippen LogP contribution >= 0.6 is 43.5 Å². The number of benzene rings is 2. The third-order valence-electron chi connectivity index (χ3n) is 2.64. The van der Waals surface area contributed by atoms with Gasteiger partial charge >= 0.3 is 0 Å².